The van der Waals surface area contributed by atoms with E-state index in [0.29, 0.717) is 16.9 Å². The molecule has 2 atom stereocenters. The lowest BCUT2D eigenvalue weighted by Crippen LogP contribution is -2.59. The van der Waals surface area contributed by atoms with E-state index in [-0.39, 0.29) is 19.0 Å². The van der Waals surface area contributed by atoms with Crippen LogP contribution in [0.25, 0.3) is 0 Å². The molecule has 0 bridgehead atoms. The van der Waals surface area contributed by atoms with Gasteiger partial charge in [0.15, 0.2) is 11.9 Å². The minimum absolute atomic E-state index is 0.0102. The summed E-state index contributed by atoms with van der Waals surface area (Å²) in [4.78, 5) is 55.2. The molecule has 0 spiro atoms. The van der Waals surface area contributed by atoms with E-state index in [4.69, 9.17) is 14.2 Å². The van der Waals surface area contributed by atoms with E-state index in [9.17, 15) is 28.7 Å². The zero-order chi connectivity index (χ0) is 33.4. The minimum atomic E-state index is -1.49. The Morgan fingerprint density at radius 2 is 1.64 bits per heavy atom. The van der Waals surface area contributed by atoms with Gasteiger partial charge in [-0.1, -0.05) is 24.3 Å². The van der Waals surface area contributed by atoms with Crippen molar-refractivity contribution in [1.82, 2.24) is 20.2 Å². The lowest BCUT2D eigenvalue weighted by atomic mass is 10.0. The number of halogens is 1. The lowest BCUT2D eigenvalue weighted by Gasteiger charge is -2.29. The van der Waals surface area contributed by atoms with Gasteiger partial charge in [0, 0.05) is 6.20 Å². The maximum absolute atomic E-state index is 13.4. The molecule has 0 radical (unpaired) electrons. The first-order valence-corrected chi connectivity index (χ1v) is 13.9. The first-order chi connectivity index (χ1) is 21.1. The second-order valence-electron chi connectivity index (χ2n) is 11.6. The Kier molecular flexibility index (Phi) is 11.2. The highest BCUT2D eigenvalue weighted by Crippen LogP contribution is 2.23. The fraction of sp³-hybridized carbons (Fsp3) is 0.387. The number of aliphatic carboxylic acids is 1. The number of nitrogens with one attached hydrogen (secondary N) is 3. The zero-order valence-electron chi connectivity index (χ0n) is 25.9. The maximum atomic E-state index is 13.4. The van der Waals surface area contributed by atoms with Gasteiger partial charge in [0.2, 0.25) is 5.91 Å². The monoisotopic (exact) mass is 627 g/mol. The van der Waals surface area contributed by atoms with E-state index >= 15 is 0 Å². The van der Waals surface area contributed by atoms with Gasteiger partial charge in [0.25, 0.3) is 5.91 Å². The molecule has 0 saturated heterocycles. The number of amides is 3. The van der Waals surface area contributed by atoms with Crippen molar-refractivity contribution in [2.45, 2.75) is 64.4 Å². The molecule has 0 saturated carbocycles. The maximum Gasteiger partial charge on any atom is 0.408 e. The summed E-state index contributed by atoms with van der Waals surface area (Å²) in [5.41, 5.74) is -1.22. The number of imidazole rings is 1. The van der Waals surface area contributed by atoms with Crippen LogP contribution in [-0.4, -0.2) is 69.4 Å². The van der Waals surface area contributed by atoms with Crippen molar-refractivity contribution >= 4 is 29.7 Å². The lowest BCUT2D eigenvalue weighted by molar-refractivity contribution is -0.139. The number of carboxylic acids is 1. The zero-order valence-corrected chi connectivity index (χ0v) is 25.9. The SMILES string of the molecule is COc1ccc(C(C(=O)O)n2cnc(NC(=O)[C@@H](COCc3ccc(F)cc3)NC(=O)C(C)(C)NC(=O)OC(C)(C)C)c2)cc1. The van der Waals surface area contributed by atoms with E-state index in [1.54, 1.807) is 45.0 Å². The van der Waals surface area contributed by atoms with Crippen molar-refractivity contribution in [1.29, 1.82) is 0 Å². The van der Waals surface area contributed by atoms with Crippen molar-refractivity contribution in [2.75, 3.05) is 19.0 Å². The Hall–Kier alpha value is -4.98. The second kappa shape index (κ2) is 14.7. The van der Waals surface area contributed by atoms with Crippen molar-refractivity contribution in [2.24, 2.45) is 0 Å². The number of nitrogens with zero attached hydrogens (tertiary/aromatic N) is 2. The van der Waals surface area contributed by atoms with Gasteiger partial charge in [-0.05, 0) is 70.0 Å². The summed E-state index contributed by atoms with van der Waals surface area (Å²) in [5.74, 6) is -2.44. The van der Waals surface area contributed by atoms with Crippen molar-refractivity contribution in [3.05, 3.63) is 78.0 Å². The molecule has 0 aliphatic rings. The van der Waals surface area contributed by atoms with Crippen LogP contribution in [0.15, 0.2) is 61.1 Å². The standard InChI is InChI=1S/C31H38FN5O8/c1-30(2,3)45-29(42)36-31(4,5)28(41)34-23(17-44-16-19-7-11-21(32)12-8-19)26(38)35-24-15-37(18-33-24)25(27(39)40)20-9-13-22(43-6)14-10-20/h7-15,18,23,25H,16-17H2,1-6H3,(H,34,41)(H,35,38)(H,36,42)(H,39,40)/t23-,25?/m1/s1. The number of aromatic nitrogens is 2. The smallest absolute Gasteiger partial charge is 0.408 e. The van der Waals surface area contributed by atoms with Crippen molar-refractivity contribution in [3.8, 4) is 5.75 Å². The summed E-state index contributed by atoms with van der Waals surface area (Å²) in [7, 11) is 1.50. The molecule has 1 aromatic heterocycles. The highest BCUT2D eigenvalue weighted by molar-refractivity contribution is 5.98. The molecule has 0 fully saturated rings. The molecule has 242 valence electrons. The number of carboxylic acid groups (broad SMARTS) is 1. The first kappa shape index (κ1) is 34.5. The average molecular weight is 628 g/mol. The number of ether oxygens (including phenoxy) is 3. The van der Waals surface area contributed by atoms with Crippen LogP contribution >= 0.6 is 0 Å². The number of rotatable bonds is 13. The van der Waals surface area contributed by atoms with Crippen LogP contribution in [-0.2, 0) is 30.5 Å². The Morgan fingerprint density at radius 3 is 2.22 bits per heavy atom. The highest BCUT2D eigenvalue weighted by Gasteiger charge is 2.35. The van der Waals surface area contributed by atoms with Crippen LogP contribution in [0.2, 0.25) is 0 Å². The van der Waals surface area contributed by atoms with Gasteiger partial charge in [-0.2, -0.15) is 0 Å². The van der Waals surface area contributed by atoms with Crippen LogP contribution in [0.1, 0.15) is 51.8 Å². The topological polar surface area (TPSA) is 170 Å². The van der Waals surface area contributed by atoms with E-state index in [0.717, 1.165) is 0 Å². The molecular weight excluding hydrogens is 589 g/mol. The fourth-order valence-corrected chi connectivity index (χ4v) is 4.00. The Bertz CT molecular complexity index is 1480. The number of benzene rings is 2. The van der Waals surface area contributed by atoms with E-state index in [2.05, 4.69) is 20.9 Å². The fourth-order valence-electron chi connectivity index (χ4n) is 4.00. The molecule has 13 nitrogen and oxygen atoms in total. The number of alkyl carbamates (subject to hydrolysis) is 1. The predicted molar refractivity (Wildman–Crippen MR) is 161 cm³/mol. The molecule has 2 aromatic carbocycles. The van der Waals surface area contributed by atoms with Gasteiger partial charge in [0.1, 0.15) is 28.7 Å². The van der Waals surface area contributed by atoms with Gasteiger partial charge >= 0.3 is 12.1 Å². The molecule has 3 aromatic rings. The summed E-state index contributed by atoms with van der Waals surface area (Å²) in [6.45, 7) is 7.61. The Morgan fingerprint density at radius 1 is 1.00 bits per heavy atom. The third-order valence-electron chi connectivity index (χ3n) is 6.29. The molecular formula is C31H38FN5O8. The third kappa shape index (κ3) is 10.3. The molecule has 0 aliphatic heterocycles. The first-order valence-electron chi connectivity index (χ1n) is 13.9. The molecule has 14 heteroatoms. The van der Waals surface area contributed by atoms with Crippen LogP contribution in [0.3, 0.4) is 0 Å². The number of carbonyl (C=O) groups excluding carboxylic acids is 3. The summed E-state index contributed by atoms with van der Waals surface area (Å²) < 4.78 is 30.6. The predicted octanol–water partition coefficient (Wildman–Crippen LogP) is 3.65. The van der Waals surface area contributed by atoms with Crippen molar-refractivity contribution in [3.63, 3.8) is 0 Å². The van der Waals surface area contributed by atoms with Gasteiger partial charge in [0.05, 0.1) is 26.7 Å². The Balaban J connectivity index is 1.76. The normalized spacial score (nSPS) is 12.9. The minimum Gasteiger partial charge on any atom is -0.497 e. The third-order valence-corrected chi connectivity index (χ3v) is 6.29. The second-order valence-corrected chi connectivity index (χ2v) is 11.6. The molecule has 45 heavy (non-hydrogen) atoms. The Labute approximate surface area is 260 Å². The van der Waals surface area contributed by atoms with Crippen LogP contribution < -0.4 is 20.7 Å². The highest BCUT2D eigenvalue weighted by atomic mass is 19.1. The number of methoxy groups -OCH3 is 1. The summed E-state index contributed by atoms with van der Waals surface area (Å²) >= 11 is 0. The molecule has 0 aliphatic carbocycles. The van der Waals surface area contributed by atoms with Crippen LogP contribution in [0, 0.1) is 5.82 Å². The molecule has 3 rings (SSSR count). The van der Waals surface area contributed by atoms with Crippen molar-refractivity contribution < 1.29 is 42.9 Å². The van der Waals surface area contributed by atoms with Gasteiger partial charge in [-0.3, -0.25) is 9.59 Å². The number of carbonyl (C=O) groups is 4. The van der Waals surface area contributed by atoms with Crippen LogP contribution in [0.4, 0.5) is 15.0 Å². The molecule has 3 amide bonds. The molecule has 1 unspecified atom stereocenters. The largest absolute Gasteiger partial charge is 0.497 e. The quantitative estimate of drug-likeness (QED) is 0.221. The summed E-state index contributed by atoms with van der Waals surface area (Å²) in [6, 6.07) is 9.61. The van der Waals surface area contributed by atoms with E-state index in [1.165, 1.54) is 62.3 Å². The van der Waals surface area contributed by atoms with Gasteiger partial charge < -0.3 is 39.8 Å². The summed E-state index contributed by atoms with van der Waals surface area (Å²) in [5, 5.41) is 17.5. The van der Waals surface area contributed by atoms with Gasteiger partial charge in [-0.15, -0.1) is 0 Å². The number of hydrogen-bond donors (Lipinski definition) is 4. The molecule has 1 heterocycles. The number of hydrogen-bond acceptors (Lipinski definition) is 8. The average Bonchev–Trinajstić information content (AvgIpc) is 3.39. The van der Waals surface area contributed by atoms with Crippen LogP contribution in [0.5, 0.6) is 5.75 Å². The molecule has 4 N–H and O–H groups in total. The summed E-state index contributed by atoms with van der Waals surface area (Å²) in [6.07, 6.45) is 1.77. The number of anilines is 1. The van der Waals surface area contributed by atoms with E-state index in [1.807, 2.05) is 0 Å². The van der Waals surface area contributed by atoms with Gasteiger partial charge in [-0.25, -0.2) is 19.0 Å². The van der Waals surface area contributed by atoms with E-state index < -0.39 is 52.9 Å².